The van der Waals surface area contributed by atoms with Crippen molar-refractivity contribution in [3.63, 3.8) is 0 Å². The van der Waals surface area contributed by atoms with Crippen LogP contribution in [0.2, 0.25) is 0 Å². The summed E-state index contributed by atoms with van der Waals surface area (Å²) < 4.78 is 1.72. The maximum absolute atomic E-state index is 8.73. The zero-order valence-corrected chi connectivity index (χ0v) is 7.72. The molecule has 1 heterocycles. The fraction of sp³-hybridized carbons (Fsp3) is 0.182. The lowest BCUT2D eigenvalue weighted by atomic mass is 10.1. The molecule has 2 rings (SSSR count). The Balaban J connectivity index is 2.25. The fourth-order valence-electron chi connectivity index (χ4n) is 1.31. The van der Waals surface area contributed by atoms with Crippen molar-refractivity contribution < 1.29 is 5.11 Å². The topological polar surface area (TPSA) is 38.0 Å². The van der Waals surface area contributed by atoms with Crippen LogP contribution in [0, 0.1) is 6.07 Å². The minimum Gasteiger partial charge on any atom is -0.394 e. The Morgan fingerprint density at radius 3 is 3.07 bits per heavy atom. The first-order valence-corrected chi connectivity index (χ1v) is 4.50. The highest BCUT2D eigenvalue weighted by Gasteiger charge is 1.99. The van der Waals surface area contributed by atoms with Crippen molar-refractivity contribution in [3.05, 3.63) is 42.7 Å². The van der Waals surface area contributed by atoms with Gasteiger partial charge < -0.3 is 5.11 Å². The summed E-state index contributed by atoms with van der Waals surface area (Å²) in [6.45, 7) is 0.651. The van der Waals surface area contributed by atoms with Crippen LogP contribution >= 0.6 is 0 Å². The lowest BCUT2D eigenvalue weighted by Crippen LogP contribution is -2.01. The molecule has 0 atom stereocenters. The Morgan fingerprint density at radius 1 is 1.43 bits per heavy atom. The molecule has 14 heavy (non-hydrogen) atoms. The number of benzene rings is 1. The van der Waals surface area contributed by atoms with Gasteiger partial charge in [0.25, 0.3) is 0 Å². The summed E-state index contributed by atoms with van der Waals surface area (Å²) in [6.07, 6.45) is 3.71. The van der Waals surface area contributed by atoms with E-state index in [9.17, 15) is 0 Å². The third-order valence-electron chi connectivity index (χ3n) is 2.00. The molecule has 71 valence electrons. The molecule has 0 fully saturated rings. The molecular weight excluding hydrogens is 176 g/mol. The van der Waals surface area contributed by atoms with Gasteiger partial charge in [0.15, 0.2) is 0 Å². The zero-order valence-electron chi connectivity index (χ0n) is 7.72. The molecule has 0 spiro atoms. The van der Waals surface area contributed by atoms with Crippen LogP contribution in [0.3, 0.4) is 0 Å². The third kappa shape index (κ3) is 1.83. The summed E-state index contributed by atoms with van der Waals surface area (Å²) in [6, 6.07) is 10.7. The molecule has 0 aliphatic carbocycles. The summed E-state index contributed by atoms with van der Waals surface area (Å²) >= 11 is 0. The quantitative estimate of drug-likeness (QED) is 0.787. The maximum atomic E-state index is 8.73. The van der Waals surface area contributed by atoms with E-state index >= 15 is 0 Å². The molecule has 1 aromatic heterocycles. The van der Waals surface area contributed by atoms with Crippen LogP contribution < -0.4 is 0 Å². The molecule has 0 unspecified atom stereocenters. The average Bonchev–Trinajstić information content (AvgIpc) is 2.68. The van der Waals surface area contributed by atoms with Gasteiger partial charge in [-0.2, -0.15) is 5.10 Å². The van der Waals surface area contributed by atoms with Crippen molar-refractivity contribution in [2.75, 3.05) is 6.61 Å². The Bertz CT molecular complexity index is 395. The van der Waals surface area contributed by atoms with Gasteiger partial charge in [-0.25, -0.2) is 0 Å². The number of aliphatic hydroxyl groups is 1. The second kappa shape index (κ2) is 4.07. The summed E-state index contributed by atoms with van der Waals surface area (Å²) in [7, 11) is 0. The molecule has 0 amide bonds. The summed E-state index contributed by atoms with van der Waals surface area (Å²) in [4.78, 5) is 0. The van der Waals surface area contributed by atoms with Crippen molar-refractivity contribution in [1.29, 1.82) is 0 Å². The molecule has 0 aliphatic rings. The van der Waals surface area contributed by atoms with Crippen molar-refractivity contribution in [2.24, 2.45) is 0 Å². The molecular formula is C11H11N2O. The van der Waals surface area contributed by atoms with Crippen LogP contribution in [-0.2, 0) is 6.54 Å². The minimum atomic E-state index is 0.113. The number of aliphatic hydroxyl groups excluding tert-OH is 1. The smallest absolute Gasteiger partial charge is 0.0641 e. The van der Waals surface area contributed by atoms with Crippen LogP contribution in [-0.4, -0.2) is 21.5 Å². The number of aromatic nitrogens is 2. The van der Waals surface area contributed by atoms with Crippen molar-refractivity contribution in [3.8, 4) is 11.1 Å². The van der Waals surface area contributed by atoms with E-state index in [-0.39, 0.29) is 6.61 Å². The SMILES string of the molecule is OCCn1cc(-c2c[c]ccc2)cn1. The van der Waals surface area contributed by atoms with E-state index in [1.54, 1.807) is 10.9 Å². The van der Waals surface area contributed by atoms with Gasteiger partial charge in [0, 0.05) is 11.8 Å². The van der Waals surface area contributed by atoms with Crippen LogP contribution in [0.25, 0.3) is 11.1 Å². The van der Waals surface area contributed by atoms with Crippen molar-refractivity contribution in [2.45, 2.75) is 6.54 Å². The first kappa shape index (κ1) is 8.97. The minimum absolute atomic E-state index is 0.113. The van der Waals surface area contributed by atoms with E-state index in [0.29, 0.717) is 6.54 Å². The number of rotatable bonds is 3. The number of hydrogen-bond acceptors (Lipinski definition) is 2. The van der Waals surface area contributed by atoms with Gasteiger partial charge in [0.05, 0.1) is 19.3 Å². The molecule has 3 heteroatoms. The Labute approximate surface area is 82.6 Å². The van der Waals surface area contributed by atoms with E-state index < -0.39 is 0 Å². The molecule has 0 aliphatic heterocycles. The van der Waals surface area contributed by atoms with Crippen LogP contribution in [0.1, 0.15) is 0 Å². The van der Waals surface area contributed by atoms with E-state index in [0.717, 1.165) is 11.1 Å². The van der Waals surface area contributed by atoms with E-state index in [1.165, 1.54) is 0 Å². The standard InChI is InChI=1S/C11H11N2O/c14-7-6-13-9-11(8-12-13)10-4-2-1-3-5-10/h1-2,4-5,8-9,14H,6-7H2. The zero-order chi connectivity index (χ0) is 9.80. The predicted molar refractivity (Wildman–Crippen MR) is 53.6 cm³/mol. The third-order valence-corrected chi connectivity index (χ3v) is 2.00. The van der Waals surface area contributed by atoms with E-state index in [4.69, 9.17) is 5.11 Å². The van der Waals surface area contributed by atoms with Gasteiger partial charge in [0.1, 0.15) is 0 Å². The first-order chi connectivity index (χ1) is 6.90. The predicted octanol–water partition coefficient (Wildman–Crippen LogP) is 1.34. The summed E-state index contributed by atoms with van der Waals surface area (Å²) in [5.41, 5.74) is 2.15. The second-order valence-corrected chi connectivity index (χ2v) is 3.01. The van der Waals surface area contributed by atoms with Gasteiger partial charge in [-0.3, -0.25) is 4.68 Å². The Hall–Kier alpha value is -1.61. The van der Waals surface area contributed by atoms with Gasteiger partial charge >= 0.3 is 0 Å². The lowest BCUT2D eigenvalue weighted by Gasteiger charge is -1.95. The molecule has 0 bridgehead atoms. The molecule has 0 saturated heterocycles. The highest BCUT2D eigenvalue weighted by molar-refractivity contribution is 5.60. The van der Waals surface area contributed by atoms with Gasteiger partial charge in [-0.15, -0.1) is 0 Å². The van der Waals surface area contributed by atoms with Gasteiger partial charge in [-0.1, -0.05) is 18.2 Å². The van der Waals surface area contributed by atoms with Crippen LogP contribution in [0.4, 0.5) is 0 Å². The normalized spacial score (nSPS) is 10.4. The highest BCUT2D eigenvalue weighted by atomic mass is 16.3. The fourth-order valence-corrected chi connectivity index (χ4v) is 1.31. The van der Waals surface area contributed by atoms with Crippen LogP contribution in [0.15, 0.2) is 36.7 Å². The molecule has 2 aromatic rings. The molecule has 1 radical (unpaired) electrons. The second-order valence-electron chi connectivity index (χ2n) is 3.01. The molecule has 3 nitrogen and oxygen atoms in total. The van der Waals surface area contributed by atoms with Crippen LogP contribution in [0.5, 0.6) is 0 Å². The van der Waals surface area contributed by atoms with Crippen molar-refractivity contribution in [1.82, 2.24) is 9.78 Å². The largest absolute Gasteiger partial charge is 0.394 e. The lowest BCUT2D eigenvalue weighted by molar-refractivity contribution is 0.269. The summed E-state index contributed by atoms with van der Waals surface area (Å²) in [5, 5.41) is 12.9. The molecule has 0 saturated carbocycles. The molecule has 1 N–H and O–H groups in total. The average molecular weight is 187 g/mol. The molecule has 1 aromatic carbocycles. The highest BCUT2D eigenvalue weighted by Crippen LogP contribution is 2.16. The Kier molecular flexibility index (Phi) is 2.60. The Morgan fingerprint density at radius 2 is 2.36 bits per heavy atom. The number of nitrogens with zero attached hydrogens (tertiary/aromatic N) is 2. The van der Waals surface area contributed by atoms with E-state index in [1.807, 2.05) is 30.5 Å². The number of hydrogen-bond donors (Lipinski definition) is 1. The first-order valence-electron chi connectivity index (χ1n) is 4.50. The van der Waals surface area contributed by atoms with Crippen molar-refractivity contribution >= 4 is 0 Å². The summed E-state index contributed by atoms with van der Waals surface area (Å²) in [5.74, 6) is 0. The van der Waals surface area contributed by atoms with Gasteiger partial charge in [-0.05, 0) is 17.7 Å². The monoisotopic (exact) mass is 187 g/mol. The van der Waals surface area contributed by atoms with Gasteiger partial charge in [0.2, 0.25) is 0 Å². The maximum Gasteiger partial charge on any atom is 0.0641 e. The van der Waals surface area contributed by atoms with E-state index in [2.05, 4.69) is 11.2 Å².